The molecule has 0 saturated carbocycles. The number of unbranched alkanes of at least 4 members (excludes halogenated alkanes) is 24. The highest BCUT2D eigenvalue weighted by Gasteiger charge is 2.18. The van der Waals surface area contributed by atoms with E-state index in [4.69, 9.17) is 10.5 Å². The fourth-order valence-electron chi connectivity index (χ4n) is 6.86. The Bertz CT molecular complexity index is 962. The van der Waals surface area contributed by atoms with Gasteiger partial charge in [-0.3, -0.25) is 9.59 Å². The summed E-state index contributed by atoms with van der Waals surface area (Å²) in [4.78, 5) is 36.3. The molecule has 0 bridgehead atoms. The first-order valence-electron chi connectivity index (χ1n) is 23.3. The molecule has 1 amide bonds. The molecule has 0 aliphatic heterocycles. The number of nitrogens with one attached hydrogen (secondary N) is 1. The molecule has 0 radical (unpaired) electrons. The number of hydrogen-bond donors (Lipinski definition) is 3. The maximum absolute atomic E-state index is 12.8. The predicted octanol–water partition coefficient (Wildman–Crippen LogP) is 13.4. The summed E-state index contributed by atoms with van der Waals surface area (Å²) in [6.07, 6.45) is 50.7. The fourth-order valence-corrected chi connectivity index (χ4v) is 6.86. The number of aliphatic carboxylic acids is 1. The van der Waals surface area contributed by atoms with Crippen LogP contribution in [0.25, 0.3) is 0 Å². The predicted molar refractivity (Wildman–Crippen MR) is 234 cm³/mol. The minimum atomic E-state index is -1.00. The van der Waals surface area contributed by atoms with Crippen LogP contribution in [0.5, 0.6) is 0 Å². The van der Waals surface area contributed by atoms with Crippen molar-refractivity contribution in [1.82, 2.24) is 5.32 Å². The zero-order valence-electron chi connectivity index (χ0n) is 36.0. The molecular formula is C48H88N2O5. The number of carbonyl (C=O) groups is 3. The lowest BCUT2D eigenvalue weighted by Gasteiger charge is -2.15. The van der Waals surface area contributed by atoms with Crippen LogP contribution in [0, 0.1) is 0 Å². The number of carboxylic acid groups (broad SMARTS) is 1. The maximum atomic E-state index is 12.8. The van der Waals surface area contributed by atoms with Gasteiger partial charge >= 0.3 is 11.9 Å². The third-order valence-electron chi connectivity index (χ3n) is 10.4. The minimum Gasteiger partial charge on any atom is -0.480 e. The number of allylic oxidation sites excluding steroid dienone is 5. The third kappa shape index (κ3) is 39.6. The molecule has 0 aromatic heterocycles. The summed E-state index contributed by atoms with van der Waals surface area (Å²) < 4.78 is 5.98. The van der Waals surface area contributed by atoms with Gasteiger partial charge in [0.15, 0.2) is 0 Å². The number of ether oxygens (including phenoxy) is 1. The van der Waals surface area contributed by atoms with Crippen molar-refractivity contribution in [3.8, 4) is 0 Å². The second kappa shape index (κ2) is 42.7. The highest BCUT2D eigenvalue weighted by Crippen LogP contribution is 2.16. The van der Waals surface area contributed by atoms with E-state index in [2.05, 4.69) is 55.6 Å². The summed E-state index contributed by atoms with van der Waals surface area (Å²) in [7, 11) is 0. The van der Waals surface area contributed by atoms with Crippen molar-refractivity contribution >= 4 is 17.8 Å². The number of nitrogens with two attached hydrogens (primary N) is 1. The molecule has 4 N–H and O–H groups in total. The zero-order chi connectivity index (χ0) is 40.3. The summed E-state index contributed by atoms with van der Waals surface area (Å²) in [5, 5.41) is 11.9. The van der Waals surface area contributed by atoms with Crippen molar-refractivity contribution in [3.63, 3.8) is 0 Å². The topological polar surface area (TPSA) is 119 Å². The van der Waals surface area contributed by atoms with Gasteiger partial charge in [0.25, 0.3) is 0 Å². The van der Waals surface area contributed by atoms with E-state index in [9.17, 15) is 19.5 Å². The Kier molecular flexibility index (Phi) is 40.9. The van der Waals surface area contributed by atoms with Crippen molar-refractivity contribution in [2.75, 3.05) is 6.54 Å². The van der Waals surface area contributed by atoms with Crippen LogP contribution in [-0.2, 0) is 19.1 Å². The van der Waals surface area contributed by atoms with E-state index >= 15 is 0 Å². The van der Waals surface area contributed by atoms with Crippen molar-refractivity contribution in [3.05, 3.63) is 36.5 Å². The third-order valence-corrected chi connectivity index (χ3v) is 10.4. The number of rotatable bonds is 42. The van der Waals surface area contributed by atoms with Gasteiger partial charge in [0.2, 0.25) is 5.91 Å². The second-order valence-electron chi connectivity index (χ2n) is 15.8. The van der Waals surface area contributed by atoms with Gasteiger partial charge in [-0.15, -0.1) is 0 Å². The summed E-state index contributed by atoms with van der Waals surface area (Å²) >= 11 is 0. The van der Waals surface area contributed by atoms with E-state index < -0.39 is 12.0 Å². The van der Waals surface area contributed by atoms with Gasteiger partial charge in [0.1, 0.15) is 12.1 Å². The maximum Gasteiger partial charge on any atom is 0.326 e. The lowest BCUT2D eigenvalue weighted by atomic mass is 10.0. The minimum absolute atomic E-state index is 0.0611. The van der Waals surface area contributed by atoms with Crippen LogP contribution >= 0.6 is 0 Å². The Morgan fingerprint density at radius 2 is 1.00 bits per heavy atom. The molecule has 7 nitrogen and oxygen atoms in total. The molecule has 320 valence electrons. The molecule has 0 aromatic carbocycles. The van der Waals surface area contributed by atoms with Crippen LogP contribution in [-0.4, -0.2) is 41.6 Å². The van der Waals surface area contributed by atoms with Crippen molar-refractivity contribution in [2.45, 2.75) is 244 Å². The highest BCUT2D eigenvalue weighted by molar-refractivity contribution is 5.83. The number of carboxylic acids is 1. The fraction of sp³-hybridized carbons (Fsp3) is 0.812. The summed E-state index contributed by atoms with van der Waals surface area (Å²) in [6.45, 7) is 4.92. The normalized spacial score (nSPS) is 12.9. The number of hydrogen-bond acceptors (Lipinski definition) is 5. The SMILES string of the molecule is CCCCC/C=C\C/C=C\CCCCCCCCCCCC(=O)OC(/C=C\CCCCCCCCC)CCCCCCCCC(=O)NC(CCCN)C(=O)O. The van der Waals surface area contributed by atoms with Gasteiger partial charge in [0, 0.05) is 12.8 Å². The molecule has 0 spiro atoms. The molecule has 0 aliphatic rings. The van der Waals surface area contributed by atoms with Gasteiger partial charge < -0.3 is 20.9 Å². The molecule has 0 saturated heterocycles. The first-order valence-corrected chi connectivity index (χ1v) is 23.3. The van der Waals surface area contributed by atoms with Gasteiger partial charge in [-0.2, -0.15) is 0 Å². The van der Waals surface area contributed by atoms with Crippen LogP contribution in [0.1, 0.15) is 232 Å². The number of carbonyl (C=O) groups excluding carboxylic acids is 2. The lowest BCUT2D eigenvalue weighted by molar-refractivity contribution is -0.147. The molecule has 0 aliphatic carbocycles. The van der Waals surface area contributed by atoms with Crippen LogP contribution in [0.2, 0.25) is 0 Å². The first-order chi connectivity index (χ1) is 26.9. The monoisotopic (exact) mass is 773 g/mol. The van der Waals surface area contributed by atoms with Crippen molar-refractivity contribution in [2.24, 2.45) is 5.73 Å². The Hall–Kier alpha value is -2.41. The van der Waals surface area contributed by atoms with Crippen molar-refractivity contribution < 1.29 is 24.2 Å². The van der Waals surface area contributed by atoms with Crippen LogP contribution in [0.15, 0.2) is 36.5 Å². The molecule has 2 unspecified atom stereocenters. The van der Waals surface area contributed by atoms with Crippen LogP contribution < -0.4 is 11.1 Å². The molecule has 7 heteroatoms. The van der Waals surface area contributed by atoms with Crippen LogP contribution in [0.4, 0.5) is 0 Å². The molecule has 55 heavy (non-hydrogen) atoms. The average molecular weight is 773 g/mol. The van der Waals surface area contributed by atoms with Gasteiger partial charge in [0.05, 0.1) is 0 Å². The Morgan fingerprint density at radius 3 is 1.55 bits per heavy atom. The average Bonchev–Trinajstić information content (AvgIpc) is 3.17. The number of amides is 1. The van der Waals surface area contributed by atoms with E-state index in [1.807, 2.05) is 0 Å². The van der Waals surface area contributed by atoms with E-state index in [0.29, 0.717) is 32.2 Å². The van der Waals surface area contributed by atoms with E-state index in [1.54, 1.807) is 0 Å². The molecule has 0 fully saturated rings. The molecular weight excluding hydrogens is 685 g/mol. The smallest absolute Gasteiger partial charge is 0.326 e. The lowest BCUT2D eigenvalue weighted by Crippen LogP contribution is -2.40. The van der Waals surface area contributed by atoms with Gasteiger partial charge in [-0.05, 0) is 96.1 Å². The standard InChI is InChI=1S/C48H88N2O5/c1-3-5-7-9-11-13-14-15-16-17-18-19-20-21-22-24-26-32-36-42-47(52)55-44(38-33-29-25-23-12-10-8-6-4-2)39-34-30-27-28-31-35-41-46(51)50-45(48(53)54)40-37-43-49/h11,13,15-16,33,38,44-45H,3-10,12,14,17-32,34-37,39-43,49H2,1-2H3,(H,50,51)(H,53,54)/b13-11-,16-15-,38-33-. The first kappa shape index (κ1) is 52.6. The largest absolute Gasteiger partial charge is 0.480 e. The Labute approximate surface area is 339 Å². The second-order valence-corrected chi connectivity index (χ2v) is 15.8. The van der Waals surface area contributed by atoms with Gasteiger partial charge in [-0.25, -0.2) is 4.79 Å². The van der Waals surface area contributed by atoms with Gasteiger partial charge in [-0.1, -0.05) is 166 Å². The number of esters is 1. The summed E-state index contributed by atoms with van der Waals surface area (Å²) in [5.41, 5.74) is 5.48. The highest BCUT2D eigenvalue weighted by atomic mass is 16.5. The summed E-state index contributed by atoms with van der Waals surface area (Å²) in [6, 6.07) is -0.853. The molecule has 0 aromatic rings. The van der Waals surface area contributed by atoms with E-state index in [1.165, 1.54) is 122 Å². The van der Waals surface area contributed by atoms with Crippen LogP contribution in [0.3, 0.4) is 0 Å². The Morgan fingerprint density at radius 1 is 0.545 bits per heavy atom. The van der Waals surface area contributed by atoms with Crippen molar-refractivity contribution in [1.29, 1.82) is 0 Å². The summed E-state index contributed by atoms with van der Waals surface area (Å²) in [5.74, 6) is -1.26. The van der Waals surface area contributed by atoms with E-state index in [-0.39, 0.29) is 18.0 Å². The molecule has 2 atom stereocenters. The molecule has 0 heterocycles. The quantitative estimate of drug-likeness (QED) is 0.0323. The van der Waals surface area contributed by atoms with E-state index in [0.717, 1.165) is 70.6 Å². The Balaban J connectivity index is 4.21. The molecule has 0 rings (SSSR count). The zero-order valence-corrected chi connectivity index (χ0v) is 36.0.